The van der Waals surface area contributed by atoms with Crippen molar-refractivity contribution >= 4 is 0 Å². The van der Waals surface area contributed by atoms with E-state index in [9.17, 15) is 0 Å². The molecule has 2 rings (SSSR count). The van der Waals surface area contributed by atoms with Crippen LogP contribution in [0.25, 0.3) is 0 Å². The van der Waals surface area contributed by atoms with Crippen LogP contribution >= 0.6 is 0 Å². The SMILES string of the molecule is CN[C@H]1CCC[C@H]1Oc1ccc(C(C)(C)C)nc1. The Morgan fingerprint density at radius 2 is 2.06 bits per heavy atom. The molecule has 1 aromatic heterocycles. The smallest absolute Gasteiger partial charge is 0.138 e. The molecule has 1 fully saturated rings. The lowest BCUT2D eigenvalue weighted by atomic mass is 9.92. The van der Waals surface area contributed by atoms with Crippen LogP contribution in [0.3, 0.4) is 0 Å². The normalized spacial score (nSPS) is 24.2. The van der Waals surface area contributed by atoms with Crippen molar-refractivity contribution in [2.24, 2.45) is 0 Å². The number of ether oxygens (including phenoxy) is 1. The fraction of sp³-hybridized carbons (Fsp3) is 0.667. The van der Waals surface area contributed by atoms with E-state index >= 15 is 0 Å². The summed E-state index contributed by atoms with van der Waals surface area (Å²) in [4.78, 5) is 4.50. The van der Waals surface area contributed by atoms with Gasteiger partial charge in [0.25, 0.3) is 0 Å². The summed E-state index contributed by atoms with van der Waals surface area (Å²) in [5.41, 5.74) is 1.20. The van der Waals surface area contributed by atoms with Gasteiger partial charge in [0.05, 0.1) is 6.20 Å². The Morgan fingerprint density at radius 1 is 1.28 bits per heavy atom. The van der Waals surface area contributed by atoms with Crippen LogP contribution in [0.5, 0.6) is 5.75 Å². The van der Waals surface area contributed by atoms with Crippen molar-refractivity contribution < 1.29 is 4.74 Å². The van der Waals surface area contributed by atoms with E-state index in [2.05, 4.69) is 37.1 Å². The Balaban J connectivity index is 2.02. The maximum absolute atomic E-state index is 6.02. The van der Waals surface area contributed by atoms with E-state index in [0.717, 1.165) is 17.9 Å². The molecule has 100 valence electrons. The van der Waals surface area contributed by atoms with Gasteiger partial charge in [-0.25, -0.2) is 0 Å². The number of nitrogens with one attached hydrogen (secondary N) is 1. The third-order valence-corrected chi connectivity index (χ3v) is 3.62. The molecule has 18 heavy (non-hydrogen) atoms. The summed E-state index contributed by atoms with van der Waals surface area (Å²) < 4.78 is 6.02. The molecule has 1 aliphatic rings. The van der Waals surface area contributed by atoms with Crippen LogP contribution in [-0.4, -0.2) is 24.2 Å². The number of hydrogen-bond donors (Lipinski definition) is 1. The predicted octanol–water partition coefficient (Wildman–Crippen LogP) is 2.90. The highest BCUT2D eigenvalue weighted by atomic mass is 16.5. The summed E-state index contributed by atoms with van der Waals surface area (Å²) >= 11 is 0. The molecule has 0 aromatic carbocycles. The summed E-state index contributed by atoms with van der Waals surface area (Å²) in [6.07, 6.45) is 5.72. The minimum Gasteiger partial charge on any atom is -0.487 e. The molecule has 3 heteroatoms. The molecule has 0 bridgehead atoms. The summed E-state index contributed by atoms with van der Waals surface area (Å²) in [5.74, 6) is 0.884. The van der Waals surface area contributed by atoms with E-state index in [1.165, 1.54) is 12.8 Å². The van der Waals surface area contributed by atoms with Gasteiger partial charge >= 0.3 is 0 Å². The maximum Gasteiger partial charge on any atom is 0.138 e. The number of pyridine rings is 1. The number of likely N-dealkylation sites (N-methyl/N-ethyl adjacent to an activating group) is 1. The Bertz CT molecular complexity index is 380. The Kier molecular flexibility index (Phi) is 3.91. The molecule has 0 radical (unpaired) electrons. The third kappa shape index (κ3) is 3.02. The Morgan fingerprint density at radius 3 is 2.61 bits per heavy atom. The van der Waals surface area contributed by atoms with Crippen molar-refractivity contribution in [2.75, 3.05) is 7.05 Å². The van der Waals surface area contributed by atoms with Crippen LogP contribution in [-0.2, 0) is 5.41 Å². The number of rotatable bonds is 3. The molecule has 0 aliphatic heterocycles. The van der Waals surface area contributed by atoms with Crippen molar-refractivity contribution in [1.82, 2.24) is 10.3 Å². The van der Waals surface area contributed by atoms with Gasteiger partial charge in [-0.2, -0.15) is 0 Å². The van der Waals surface area contributed by atoms with Gasteiger partial charge in [0.15, 0.2) is 0 Å². The molecule has 0 unspecified atom stereocenters. The summed E-state index contributed by atoms with van der Waals surface area (Å²) in [6.45, 7) is 6.51. The van der Waals surface area contributed by atoms with Crippen molar-refractivity contribution in [2.45, 2.75) is 57.6 Å². The summed E-state index contributed by atoms with van der Waals surface area (Å²) in [6, 6.07) is 4.59. The van der Waals surface area contributed by atoms with Crippen LogP contribution in [0.15, 0.2) is 18.3 Å². The Labute approximate surface area is 110 Å². The van der Waals surface area contributed by atoms with Crippen LogP contribution < -0.4 is 10.1 Å². The second-order valence-electron chi connectivity index (χ2n) is 6.11. The van der Waals surface area contributed by atoms with E-state index in [1.54, 1.807) is 0 Å². The van der Waals surface area contributed by atoms with Crippen LogP contribution in [0, 0.1) is 0 Å². The fourth-order valence-corrected chi connectivity index (χ4v) is 2.47. The van der Waals surface area contributed by atoms with Crippen molar-refractivity contribution in [3.63, 3.8) is 0 Å². The molecule has 1 N–H and O–H groups in total. The summed E-state index contributed by atoms with van der Waals surface area (Å²) in [7, 11) is 2.01. The van der Waals surface area contributed by atoms with Gasteiger partial charge in [0.1, 0.15) is 11.9 Å². The van der Waals surface area contributed by atoms with Crippen molar-refractivity contribution in [3.05, 3.63) is 24.0 Å². The summed E-state index contributed by atoms with van der Waals surface area (Å²) in [5, 5.41) is 3.32. The zero-order valence-corrected chi connectivity index (χ0v) is 11.9. The predicted molar refractivity (Wildman–Crippen MR) is 74.1 cm³/mol. The minimum absolute atomic E-state index is 0.0966. The lowest BCUT2D eigenvalue weighted by molar-refractivity contribution is 0.178. The van der Waals surface area contributed by atoms with Crippen molar-refractivity contribution in [1.29, 1.82) is 0 Å². The molecule has 2 atom stereocenters. The van der Waals surface area contributed by atoms with Crippen LogP contribution in [0.1, 0.15) is 45.7 Å². The zero-order valence-electron chi connectivity index (χ0n) is 11.9. The number of aromatic nitrogens is 1. The highest BCUT2D eigenvalue weighted by molar-refractivity contribution is 5.23. The fourth-order valence-electron chi connectivity index (χ4n) is 2.47. The lowest BCUT2D eigenvalue weighted by Crippen LogP contribution is -2.36. The van der Waals surface area contributed by atoms with Crippen LogP contribution in [0.2, 0.25) is 0 Å². The van der Waals surface area contributed by atoms with E-state index in [0.29, 0.717) is 6.04 Å². The van der Waals surface area contributed by atoms with Gasteiger partial charge < -0.3 is 10.1 Å². The highest BCUT2D eigenvalue weighted by Crippen LogP contribution is 2.26. The first kappa shape index (κ1) is 13.3. The quantitative estimate of drug-likeness (QED) is 0.893. The Hall–Kier alpha value is -1.09. The molecule has 1 aliphatic carbocycles. The standard InChI is InChI=1S/C15H24N2O/c1-15(2,3)14-9-8-11(10-17-14)18-13-7-5-6-12(13)16-4/h8-10,12-13,16H,5-7H2,1-4H3/t12-,13+/m0/s1. The molecule has 3 nitrogen and oxygen atoms in total. The first-order valence-corrected chi connectivity index (χ1v) is 6.81. The molecule has 1 heterocycles. The third-order valence-electron chi connectivity index (χ3n) is 3.62. The van der Waals surface area contributed by atoms with E-state index in [4.69, 9.17) is 4.74 Å². The van der Waals surface area contributed by atoms with Crippen LogP contribution in [0.4, 0.5) is 0 Å². The average molecular weight is 248 g/mol. The van der Waals surface area contributed by atoms with Gasteiger partial charge in [0, 0.05) is 17.2 Å². The number of hydrogen-bond acceptors (Lipinski definition) is 3. The van der Waals surface area contributed by atoms with Gasteiger partial charge in [-0.05, 0) is 38.4 Å². The van der Waals surface area contributed by atoms with Crippen molar-refractivity contribution in [3.8, 4) is 5.75 Å². The number of nitrogens with zero attached hydrogens (tertiary/aromatic N) is 1. The first-order valence-electron chi connectivity index (χ1n) is 6.81. The van der Waals surface area contributed by atoms with Gasteiger partial charge in [-0.3, -0.25) is 4.98 Å². The van der Waals surface area contributed by atoms with Gasteiger partial charge in [-0.1, -0.05) is 20.8 Å². The lowest BCUT2D eigenvalue weighted by Gasteiger charge is -2.22. The maximum atomic E-state index is 6.02. The monoisotopic (exact) mass is 248 g/mol. The van der Waals surface area contributed by atoms with E-state index in [-0.39, 0.29) is 11.5 Å². The topological polar surface area (TPSA) is 34.1 Å². The minimum atomic E-state index is 0.0966. The first-order chi connectivity index (χ1) is 8.50. The van der Waals surface area contributed by atoms with E-state index < -0.39 is 0 Å². The van der Waals surface area contributed by atoms with Gasteiger partial charge in [-0.15, -0.1) is 0 Å². The second-order valence-corrected chi connectivity index (χ2v) is 6.11. The molecule has 0 spiro atoms. The average Bonchev–Trinajstić information content (AvgIpc) is 2.76. The van der Waals surface area contributed by atoms with E-state index in [1.807, 2.05) is 19.3 Å². The molecule has 0 saturated heterocycles. The molecule has 1 saturated carbocycles. The second kappa shape index (κ2) is 5.27. The molecule has 0 amide bonds. The van der Waals surface area contributed by atoms with Gasteiger partial charge in [0.2, 0.25) is 0 Å². The molecular weight excluding hydrogens is 224 g/mol. The molecular formula is C15H24N2O. The molecule has 1 aromatic rings. The largest absolute Gasteiger partial charge is 0.487 e. The highest BCUT2D eigenvalue weighted by Gasteiger charge is 2.27. The zero-order chi connectivity index (χ0) is 13.2.